The van der Waals surface area contributed by atoms with Crippen LogP contribution in [0.25, 0.3) is 17.0 Å². The molecule has 34 heavy (non-hydrogen) atoms. The van der Waals surface area contributed by atoms with Crippen LogP contribution in [0.1, 0.15) is 53.5 Å². The Labute approximate surface area is 205 Å². The van der Waals surface area contributed by atoms with E-state index < -0.39 is 13.9 Å². The van der Waals surface area contributed by atoms with Crippen molar-refractivity contribution in [3.63, 3.8) is 0 Å². The topological polar surface area (TPSA) is 69.5 Å². The van der Waals surface area contributed by atoms with E-state index in [0.29, 0.717) is 32.1 Å². The first-order chi connectivity index (χ1) is 15.7. The van der Waals surface area contributed by atoms with Crippen LogP contribution in [0.4, 0.5) is 4.79 Å². The van der Waals surface area contributed by atoms with E-state index in [1.165, 1.54) is 5.57 Å². The van der Waals surface area contributed by atoms with Crippen LogP contribution in [0.2, 0.25) is 18.1 Å². The Morgan fingerprint density at radius 1 is 1.06 bits per heavy atom. The summed E-state index contributed by atoms with van der Waals surface area (Å²) in [6.07, 6.45) is 4.43. The van der Waals surface area contributed by atoms with Gasteiger partial charge < -0.3 is 14.1 Å². The number of hydrogen-bond donors (Lipinski definition) is 0. The highest BCUT2D eigenvalue weighted by molar-refractivity contribution is 6.74. The average Bonchev–Trinajstić information content (AvgIpc) is 3.21. The molecule has 8 heteroatoms. The zero-order chi connectivity index (χ0) is 25.1. The second-order valence-electron chi connectivity index (χ2n) is 11.4. The van der Waals surface area contributed by atoms with Gasteiger partial charge in [-0.05, 0) is 56.5 Å². The molecule has 0 saturated heterocycles. The summed E-state index contributed by atoms with van der Waals surface area (Å²) >= 11 is 0. The van der Waals surface area contributed by atoms with E-state index in [4.69, 9.17) is 9.16 Å². The monoisotopic (exact) mass is 484 g/mol. The van der Waals surface area contributed by atoms with E-state index >= 15 is 0 Å². The molecule has 2 heterocycles. The predicted octanol–water partition coefficient (Wildman–Crippen LogP) is 5.99. The number of rotatable bonds is 6. The number of amides is 1. The van der Waals surface area contributed by atoms with E-state index in [0.717, 1.165) is 17.5 Å². The number of carbonyl (C=O) groups is 1. The van der Waals surface area contributed by atoms with E-state index in [1.54, 1.807) is 11.2 Å². The Morgan fingerprint density at radius 2 is 1.71 bits per heavy atom. The number of carbonyl (C=O) groups excluding carboxylic acids is 1. The molecular formula is C26H40N4O3Si. The number of hydrogen-bond acceptors (Lipinski definition) is 5. The zero-order valence-corrected chi connectivity index (χ0v) is 23.0. The summed E-state index contributed by atoms with van der Waals surface area (Å²) in [5.74, 6) is 0.715. The van der Waals surface area contributed by atoms with Crippen LogP contribution >= 0.6 is 0 Å². The highest BCUT2D eigenvalue weighted by Crippen LogP contribution is 2.36. The molecule has 0 aliphatic carbocycles. The minimum absolute atomic E-state index is 0.198. The molecule has 3 rings (SSSR count). The van der Waals surface area contributed by atoms with E-state index in [1.807, 2.05) is 25.5 Å². The minimum Gasteiger partial charge on any atom is -0.444 e. The van der Waals surface area contributed by atoms with Crippen LogP contribution in [-0.4, -0.2) is 59.4 Å². The lowest BCUT2D eigenvalue weighted by Crippen LogP contribution is -2.41. The molecule has 1 aliphatic heterocycles. The summed E-state index contributed by atoms with van der Waals surface area (Å²) in [7, 11) is -1.76. The molecule has 0 radical (unpaired) electrons. The van der Waals surface area contributed by atoms with Gasteiger partial charge in [-0.25, -0.2) is 9.78 Å². The molecule has 0 saturated carbocycles. The lowest BCUT2D eigenvalue weighted by atomic mass is 9.98. The lowest BCUT2D eigenvalue weighted by Gasteiger charge is -2.36. The molecule has 1 aromatic heterocycles. The zero-order valence-electron chi connectivity index (χ0n) is 22.0. The fraction of sp³-hybridized carbons (Fsp3) is 0.577. The third kappa shape index (κ3) is 6.79. The van der Waals surface area contributed by atoms with Gasteiger partial charge in [0, 0.05) is 18.7 Å². The smallest absolute Gasteiger partial charge is 0.410 e. The molecule has 0 N–H and O–H groups in total. The lowest BCUT2D eigenvalue weighted by molar-refractivity contribution is 0.0270. The van der Waals surface area contributed by atoms with Crippen LogP contribution in [0.15, 0.2) is 36.7 Å². The van der Waals surface area contributed by atoms with Crippen LogP contribution < -0.4 is 0 Å². The maximum Gasteiger partial charge on any atom is 0.410 e. The molecule has 1 aliphatic rings. The summed E-state index contributed by atoms with van der Waals surface area (Å²) in [4.78, 5) is 18.5. The molecule has 1 amide bonds. The molecule has 1 aromatic carbocycles. The van der Waals surface area contributed by atoms with Gasteiger partial charge in [0.2, 0.25) is 0 Å². The largest absolute Gasteiger partial charge is 0.444 e. The Hall–Kier alpha value is -2.45. The molecule has 0 spiro atoms. The van der Waals surface area contributed by atoms with Gasteiger partial charge >= 0.3 is 6.09 Å². The first-order valence-corrected chi connectivity index (χ1v) is 15.0. The summed E-state index contributed by atoms with van der Waals surface area (Å²) in [5.41, 5.74) is 2.91. The van der Waals surface area contributed by atoms with Crippen molar-refractivity contribution in [1.29, 1.82) is 0 Å². The Bertz CT molecular complexity index is 1010. The van der Waals surface area contributed by atoms with Crippen LogP contribution in [-0.2, 0) is 15.7 Å². The van der Waals surface area contributed by atoms with Crippen molar-refractivity contribution in [2.45, 2.75) is 78.2 Å². The van der Waals surface area contributed by atoms with Gasteiger partial charge in [-0.15, -0.1) is 0 Å². The highest BCUT2D eigenvalue weighted by atomic mass is 28.4. The normalized spacial score (nSPS) is 15.3. The van der Waals surface area contributed by atoms with Gasteiger partial charge in [0.1, 0.15) is 11.9 Å². The predicted molar refractivity (Wildman–Crippen MR) is 139 cm³/mol. The third-order valence-electron chi connectivity index (χ3n) is 6.50. The van der Waals surface area contributed by atoms with Gasteiger partial charge in [0.25, 0.3) is 0 Å². The van der Waals surface area contributed by atoms with E-state index in [2.05, 4.69) is 74.3 Å². The molecule has 0 atom stereocenters. The van der Waals surface area contributed by atoms with Crippen LogP contribution in [0, 0.1) is 0 Å². The number of aromatic nitrogens is 3. The maximum absolute atomic E-state index is 12.3. The van der Waals surface area contributed by atoms with Gasteiger partial charge in [0.05, 0.1) is 13.2 Å². The number of ether oxygens (including phenoxy) is 1. The highest BCUT2D eigenvalue weighted by Gasteiger charge is 2.36. The molecule has 0 bridgehead atoms. The van der Waals surface area contributed by atoms with E-state index in [9.17, 15) is 4.79 Å². The van der Waals surface area contributed by atoms with Gasteiger partial charge in [-0.3, -0.25) is 4.68 Å². The maximum atomic E-state index is 12.3. The van der Waals surface area contributed by atoms with Gasteiger partial charge in [-0.2, -0.15) is 5.10 Å². The summed E-state index contributed by atoms with van der Waals surface area (Å²) in [6, 6.07) is 8.32. The fourth-order valence-corrected chi connectivity index (χ4v) is 4.44. The van der Waals surface area contributed by atoms with Crippen molar-refractivity contribution >= 4 is 20.0 Å². The molecule has 2 aromatic rings. The van der Waals surface area contributed by atoms with Crippen molar-refractivity contribution in [1.82, 2.24) is 19.7 Å². The molecule has 0 unspecified atom stereocenters. The van der Waals surface area contributed by atoms with Gasteiger partial charge in [-0.1, -0.05) is 51.1 Å². The van der Waals surface area contributed by atoms with Crippen molar-refractivity contribution < 1.29 is 14.0 Å². The second-order valence-corrected chi connectivity index (χ2v) is 16.2. The minimum atomic E-state index is -1.76. The fourth-order valence-electron chi connectivity index (χ4n) is 3.40. The van der Waals surface area contributed by atoms with Crippen molar-refractivity contribution in [3.8, 4) is 11.4 Å². The quantitative estimate of drug-likeness (QED) is 0.471. The molecule has 7 nitrogen and oxygen atoms in total. The Morgan fingerprint density at radius 3 is 2.26 bits per heavy atom. The van der Waals surface area contributed by atoms with Crippen molar-refractivity contribution in [2.75, 3.05) is 19.7 Å². The first-order valence-electron chi connectivity index (χ1n) is 12.1. The van der Waals surface area contributed by atoms with Crippen molar-refractivity contribution in [3.05, 3.63) is 42.2 Å². The van der Waals surface area contributed by atoms with Gasteiger partial charge in [0.15, 0.2) is 14.1 Å². The molecule has 186 valence electrons. The molecule has 0 fully saturated rings. The number of nitrogens with zero attached hydrogens (tertiary/aromatic N) is 4. The SMILES string of the molecule is CC(C)(C)OC(=O)N1CC=C(c2ccc(-c3ncn(CCO[Si](C)(C)C(C)(C)C)n3)cc2)CC1. The standard InChI is InChI=1S/C26H40N4O3Si/c1-25(2,3)33-24(31)29-15-13-21(14-16-29)20-9-11-22(12-10-20)23-27-19-30(28-23)17-18-32-34(7,8)26(4,5)6/h9-13,19H,14-18H2,1-8H3. The number of benzene rings is 1. The van der Waals surface area contributed by atoms with Crippen molar-refractivity contribution in [2.24, 2.45) is 0 Å². The Kier molecular flexibility index (Phi) is 7.72. The third-order valence-corrected chi connectivity index (χ3v) is 11.0. The summed E-state index contributed by atoms with van der Waals surface area (Å²) in [5, 5.41) is 4.83. The first kappa shape index (κ1) is 26.2. The van der Waals surface area contributed by atoms with Crippen LogP contribution in [0.3, 0.4) is 0 Å². The summed E-state index contributed by atoms with van der Waals surface area (Å²) < 4.78 is 13.6. The summed E-state index contributed by atoms with van der Waals surface area (Å²) in [6.45, 7) is 19.5. The average molecular weight is 485 g/mol. The second kappa shape index (κ2) is 10.0. The van der Waals surface area contributed by atoms with E-state index in [-0.39, 0.29) is 11.1 Å². The Balaban J connectivity index is 1.56. The van der Waals surface area contributed by atoms with Crippen LogP contribution in [0.5, 0.6) is 0 Å². The molecular weight excluding hydrogens is 444 g/mol.